The van der Waals surface area contributed by atoms with E-state index >= 15 is 0 Å². The van der Waals surface area contributed by atoms with Crippen LogP contribution in [0.15, 0.2) is 30.3 Å². The molecule has 0 amide bonds. The Labute approximate surface area is 96.6 Å². The second kappa shape index (κ2) is 4.18. The van der Waals surface area contributed by atoms with Gasteiger partial charge in [0.2, 0.25) is 0 Å². The highest BCUT2D eigenvalue weighted by atomic mass is 32.2. The molecule has 16 heavy (non-hydrogen) atoms. The Morgan fingerprint density at radius 1 is 1.38 bits per heavy atom. The average Bonchev–Trinajstić information content (AvgIpc) is 2.96. The molecule has 88 valence electrons. The first-order valence-corrected chi connectivity index (χ1v) is 7.51. The molecule has 1 saturated carbocycles. The maximum Gasteiger partial charge on any atom is 0.148 e. The second-order valence-corrected chi connectivity index (χ2v) is 6.86. The number of rotatable bonds is 4. The summed E-state index contributed by atoms with van der Waals surface area (Å²) in [5.41, 5.74) is 7.19. The minimum absolute atomic E-state index is 0.0982. The largest absolute Gasteiger partial charge is 0.327 e. The third-order valence-electron chi connectivity index (χ3n) is 3.11. The lowest BCUT2D eigenvalue weighted by Gasteiger charge is -2.09. The molecule has 3 unspecified atom stereocenters. The first-order chi connectivity index (χ1) is 7.47. The van der Waals surface area contributed by atoms with Crippen molar-refractivity contribution in [1.82, 2.24) is 0 Å². The van der Waals surface area contributed by atoms with Crippen LogP contribution < -0.4 is 5.73 Å². The summed E-state index contributed by atoms with van der Waals surface area (Å²) in [5.74, 6) is 0.885. The van der Waals surface area contributed by atoms with Crippen molar-refractivity contribution in [2.75, 3.05) is 12.0 Å². The van der Waals surface area contributed by atoms with Gasteiger partial charge in [-0.3, -0.25) is 0 Å². The van der Waals surface area contributed by atoms with E-state index < -0.39 is 9.84 Å². The van der Waals surface area contributed by atoms with Gasteiger partial charge in [0, 0.05) is 12.3 Å². The summed E-state index contributed by atoms with van der Waals surface area (Å²) in [6.07, 6.45) is 2.26. The van der Waals surface area contributed by atoms with E-state index in [9.17, 15) is 8.42 Å². The molecule has 1 fully saturated rings. The summed E-state index contributed by atoms with van der Waals surface area (Å²) < 4.78 is 22.3. The monoisotopic (exact) mass is 239 g/mol. The number of sulfone groups is 1. The van der Waals surface area contributed by atoms with E-state index in [1.54, 1.807) is 0 Å². The van der Waals surface area contributed by atoms with Gasteiger partial charge in [-0.25, -0.2) is 8.42 Å². The molecule has 1 aromatic rings. The van der Waals surface area contributed by atoms with E-state index in [2.05, 4.69) is 12.1 Å². The SMILES string of the molecule is CS(=O)(=O)CC(N)C1CC1c1ccccc1. The van der Waals surface area contributed by atoms with Gasteiger partial charge in [-0.1, -0.05) is 30.3 Å². The predicted molar refractivity (Wildman–Crippen MR) is 65.0 cm³/mol. The highest BCUT2D eigenvalue weighted by Gasteiger charge is 2.43. The number of benzene rings is 1. The fourth-order valence-electron chi connectivity index (χ4n) is 2.24. The molecule has 1 aliphatic rings. The van der Waals surface area contributed by atoms with Crippen LogP contribution in [0.4, 0.5) is 0 Å². The molecule has 0 aromatic heterocycles. The summed E-state index contributed by atoms with van der Waals surface area (Å²) in [6, 6.07) is 9.94. The minimum atomic E-state index is -2.96. The molecule has 3 nitrogen and oxygen atoms in total. The Morgan fingerprint density at radius 3 is 2.56 bits per heavy atom. The van der Waals surface area contributed by atoms with Gasteiger partial charge in [0.25, 0.3) is 0 Å². The van der Waals surface area contributed by atoms with E-state index in [1.807, 2.05) is 18.2 Å². The zero-order valence-electron chi connectivity index (χ0n) is 9.34. The van der Waals surface area contributed by atoms with E-state index in [0.29, 0.717) is 11.8 Å². The van der Waals surface area contributed by atoms with Crippen molar-refractivity contribution >= 4 is 9.84 Å². The summed E-state index contributed by atoms with van der Waals surface area (Å²) >= 11 is 0. The predicted octanol–water partition coefficient (Wildman–Crippen LogP) is 1.16. The van der Waals surface area contributed by atoms with Gasteiger partial charge in [0.05, 0.1) is 5.75 Å². The molecular formula is C12H17NO2S. The summed E-state index contributed by atoms with van der Waals surface area (Å²) in [6.45, 7) is 0. The molecule has 4 heteroatoms. The van der Waals surface area contributed by atoms with E-state index in [0.717, 1.165) is 6.42 Å². The summed E-state index contributed by atoms with van der Waals surface area (Å²) in [4.78, 5) is 0. The van der Waals surface area contributed by atoms with Crippen LogP contribution in [0.2, 0.25) is 0 Å². The molecule has 0 bridgehead atoms. The van der Waals surface area contributed by atoms with E-state index in [-0.39, 0.29) is 11.8 Å². The molecule has 2 rings (SSSR count). The number of hydrogen-bond donors (Lipinski definition) is 1. The quantitative estimate of drug-likeness (QED) is 0.857. The van der Waals surface area contributed by atoms with Crippen molar-refractivity contribution in [3.8, 4) is 0 Å². The van der Waals surface area contributed by atoms with Crippen LogP contribution in [0, 0.1) is 5.92 Å². The zero-order valence-corrected chi connectivity index (χ0v) is 10.2. The Kier molecular flexibility index (Phi) is 3.04. The summed E-state index contributed by atoms with van der Waals surface area (Å²) in [5, 5.41) is 0. The Morgan fingerprint density at radius 2 is 2.00 bits per heavy atom. The topological polar surface area (TPSA) is 60.2 Å². The first kappa shape index (κ1) is 11.6. The molecule has 0 aliphatic heterocycles. The van der Waals surface area contributed by atoms with Gasteiger partial charge < -0.3 is 5.73 Å². The van der Waals surface area contributed by atoms with Crippen LogP contribution in [0.1, 0.15) is 17.9 Å². The Bertz CT molecular complexity index is 455. The van der Waals surface area contributed by atoms with Crippen molar-refractivity contribution in [3.63, 3.8) is 0 Å². The van der Waals surface area contributed by atoms with Gasteiger partial charge in [-0.15, -0.1) is 0 Å². The molecule has 0 radical (unpaired) electrons. The smallest absolute Gasteiger partial charge is 0.148 e. The van der Waals surface area contributed by atoms with Gasteiger partial charge >= 0.3 is 0 Å². The van der Waals surface area contributed by atoms with Crippen LogP contribution in [0.25, 0.3) is 0 Å². The average molecular weight is 239 g/mol. The van der Waals surface area contributed by atoms with Crippen LogP contribution >= 0.6 is 0 Å². The highest BCUT2D eigenvalue weighted by Crippen LogP contribution is 2.49. The molecule has 3 atom stereocenters. The van der Waals surface area contributed by atoms with Crippen LogP contribution in [-0.2, 0) is 9.84 Å². The summed E-state index contributed by atoms with van der Waals surface area (Å²) in [7, 11) is -2.96. The van der Waals surface area contributed by atoms with Crippen molar-refractivity contribution in [2.45, 2.75) is 18.4 Å². The molecular weight excluding hydrogens is 222 g/mol. The van der Waals surface area contributed by atoms with Crippen molar-refractivity contribution in [2.24, 2.45) is 11.7 Å². The molecule has 0 saturated heterocycles. The number of nitrogens with two attached hydrogens (primary N) is 1. The van der Waals surface area contributed by atoms with Crippen LogP contribution in [0.5, 0.6) is 0 Å². The third kappa shape index (κ3) is 2.83. The Hall–Kier alpha value is -0.870. The second-order valence-electron chi connectivity index (χ2n) is 4.67. The van der Waals surface area contributed by atoms with Gasteiger partial charge in [-0.2, -0.15) is 0 Å². The molecule has 0 heterocycles. The number of hydrogen-bond acceptors (Lipinski definition) is 3. The van der Waals surface area contributed by atoms with Crippen molar-refractivity contribution in [3.05, 3.63) is 35.9 Å². The lowest BCUT2D eigenvalue weighted by Crippen LogP contribution is -2.31. The third-order valence-corrected chi connectivity index (χ3v) is 4.10. The van der Waals surface area contributed by atoms with Crippen LogP contribution in [-0.4, -0.2) is 26.5 Å². The molecule has 2 N–H and O–H groups in total. The van der Waals surface area contributed by atoms with Gasteiger partial charge in [-0.05, 0) is 23.8 Å². The minimum Gasteiger partial charge on any atom is -0.327 e. The molecule has 0 spiro atoms. The fourth-order valence-corrected chi connectivity index (χ4v) is 3.19. The van der Waals surface area contributed by atoms with Crippen LogP contribution in [0.3, 0.4) is 0 Å². The molecule has 1 aromatic carbocycles. The standard InChI is InChI=1S/C12H17NO2S/c1-16(14,15)8-12(13)11-7-10(11)9-5-3-2-4-6-9/h2-6,10-12H,7-8,13H2,1H3. The highest BCUT2D eigenvalue weighted by molar-refractivity contribution is 7.90. The van der Waals surface area contributed by atoms with Crippen molar-refractivity contribution < 1.29 is 8.42 Å². The van der Waals surface area contributed by atoms with Gasteiger partial charge in [0.15, 0.2) is 0 Å². The molecule has 1 aliphatic carbocycles. The lowest BCUT2D eigenvalue weighted by molar-refractivity contribution is 0.575. The first-order valence-electron chi connectivity index (χ1n) is 5.45. The maximum absolute atomic E-state index is 11.1. The lowest BCUT2D eigenvalue weighted by atomic mass is 10.1. The van der Waals surface area contributed by atoms with E-state index in [1.165, 1.54) is 11.8 Å². The fraction of sp³-hybridized carbons (Fsp3) is 0.500. The van der Waals surface area contributed by atoms with Crippen molar-refractivity contribution in [1.29, 1.82) is 0 Å². The van der Waals surface area contributed by atoms with Gasteiger partial charge in [0.1, 0.15) is 9.84 Å². The normalized spacial score (nSPS) is 26.4. The zero-order chi connectivity index (χ0) is 11.8. The maximum atomic E-state index is 11.1. The Balaban J connectivity index is 1.97. The van der Waals surface area contributed by atoms with E-state index in [4.69, 9.17) is 5.73 Å².